The van der Waals surface area contributed by atoms with Gasteiger partial charge in [0.15, 0.2) is 0 Å². The van der Waals surface area contributed by atoms with E-state index >= 15 is 0 Å². The monoisotopic (exact) mass is 277 g/mol. The summed E-state index contributed by atoms with van der Waals surface area (Å²) >= 11 is 0. The molecule has 0 heterocycles. The van der Waals surface area contributed by atoms with Crippen LogP contribution < -0.4 is 10.1 Å². The van der Waals surface area contributed by atoms with Gasteiger partial charge in [-0.2, -0.15) is 0 Å². The van der Waals surface area contributed by atoms with Crippen LogP contribution in [0.3, 0.4) is 0 Å². The van der Waals surface area contributed by atoms with Gasteiger partial charge in [0.05, 0.1) is 13.2 Å². The summed E-state index contributed by atoms with van der Waals surface area (Å²) in [5.41, 5.74) is 1.93. The molecule has 0 saturated heterocycles. The maximum absolute atomic E-state index is 9.41. The molecule has 1 aliphatic carbocycles. The molecule has 3 heteroatoms. The van der Waals surface area contributed by atoms with Gasteiger partial charge in [-0.15, -0.1) is 0 Å². The predicted molar refractivity (Wildman–Crippen MR) is 83.1 cm³/mol. The molecule has 2 rings (SSSR count). The summed E-state index contributed by atoms with van der Waals surface area (Å²) in [5, 5.41) is 12.9. The number of ether oxygens (including phenoxy) is 1. The molecule has 112 valence electrons. The third-order valence-corrected chi connectivity index (χ3v) is 4.17. The minimum Gasteiger partial charge on any atom is -0.494 e. The molecular formula is C17H27NO2. The second kappa shape index (κ2) is 7.53. The second-order valence-corrected chi connectivity index (χ2v) is 5.93. The fourth-order valence-electron chi connectivity index (χ4n) is 3.12. The molecule has 0 spiro atoms. The van der Waals surface area contributed by atoms with Crippen LogP contribution in [-0.4, -0.2) is 18.3 Å². The van der Waals surface area contributed by atoms with Crippen LogP contribution >= 0.6 is 0 Å². The van der Waals surface area contributed by atoms with Gasteiger partial charge in [-0.3, -0.25) is 0 Å². The molecule has 2 unspecified atom stereocenters. The molecule has 0 aliphatic heterocycles. The van der Waals surface area contributed by atoms with Crippen molar-refractivity contribution in [3.63, 3.8) is 0 Å². The first-order valence-corrected chi connectivity index (χ1v) is 7.83. The first-order chi connectivity index (χ1) is 9.72. The van der Waals surface area contributed by atoms with E-state index in [9.17, 15) is 5.11 Å². The van der Waals surface area contributed by atoms with Gasteiger partial charge in [-0.25, -0.2) is 0 Å². The number of aliphatic hydroxyl groups excluding tert-OH is 1. The molecule has 3 nitrogen and oxygen atoms in total. The van der Waals surface area contributed by atoms with E-state index in [0.29, 0.717) is 6.61 Å². The number of nitrogens with one attached hydrogen (secondary N) is 1. The molecule has 1 saturated carbocycles. The van der Waals surface area contributed by atoms with Crippen molar-refractivity contribution in [1.82, 2.24) is 0 Å². The average molecular weight is 277 g/mol. The Kier molecular flexibility index (Phi) is 5.72. The van der Waals surface area contributed by atoms with E-state index in [2.05, 4.69) is 12.2 Å². The van der Waals surface area contributed by atoms with Crippen molar-refractivity contribution in [2.24, 2.45) is 11.8 Å². The lowest BCUT2D eigenvalue weighted by molar-refractivity contribution is 0.267. The fourth-order valence-corrected chi connectivity index (χ4v) is 3.12. The Morgan fingerprint density at radius 1 is 1.35 bits per heavy atom. The normalized spacial score (nSPS) is 22.6. The lowest BCUT2D eigenvalue weighted by Gasteiger charge is -2.27. The molecule has 1 fully saturated rings. The van der Waals surface area contributed by atoms with E-state index in [1.54, 1.807) is 0 Å². The van der Waals surface area contributed by atoms with Crippen LogP contribution in [-0.2, 0) is 6.61 Å². The van der Waals surface area contributed by atoms with Gasteiger partial charge in [0, 0.05) is 17.8 Å². The van der Waals surface area contributed by atoms with Gasteiger partial charge < -0.3 is 15.2 Å². The van der Waals surface area contributed by atoms with Crippen LogP contribution in [0, 0.1) is 11.8 Å². The third kappa shape index (κ3) is 4.14. The van der Waals surface area contributed by atoms with Crippen molar-refractivity contribution in [3.8, 4) is 5.75 Å². The van der Waals surface area contributed by atoms with Gasteiger partial charge >= 0.3 is 0 Å². The van der Waals surface area contributed by atoms with Crippen molar-refractivity contribution in [1.29, 1.82) is 0 Å². The summed E-state index contributed by atoms with van der Waals surface area (Å²) in [6.07, 6.45) is 5.41. The molecule has 2 N–H and O–H groups in total. The zero-order chi connectivity index (χ0) is 14.4. The van der Waals surface area contributed by atoms with Crippen molar-refractivity contribution in [2.75, 3.05) is 18.5 Å². The summed E-state index contributed by atoms with van der Waals surface area (Å²) in [6.45, 7) is 5.98. The highest BCUT2D eigenvalue weighted by Crippen LogP contribution is 2.29. The molecule has 0 radical (unpaired) electrons. The van der Waals surface area contributed by atoms with Gasteiger partial charge in [0.1, 0.15) is 5.75 Å². The quantitative estimate of drug-likeness (QED) is 0.830. The molecular weight excluding hydrogens is 250 g/mol. The number of aliphatic hydroxyl groups is 1. The Bertz CT molecular complexity index is 419. The van der Waals surface area contributed by atoms with Gasteiger partial charge in [-0.1, -0.05) is 19.8 Å². The molecule has 20 heavy (non-hydrogen) atoms. The smallest absolute Gasteiger partial charge is 0.124 e. The van der Waals surface area contributed by atoms with E-state index in [-0.39, 0.29) is 6.61 Å². The largest absolute Gasteiger partial charge is 0.494 e. The molecule has 2 atom stereocenters. The Hall–Kier alpha value is -1.22. The highest BCUT2D eigenvalue weighted by Gasteiger charge is 2.18. The standard InChI is InChI=1S/C17H27NO2/c1-3-20-17-8-7-16(10-15(17)12-19)18-11-14-6-4-5-13(2)9-14/h7-8,10,13-14,18-19H,3-6,9,11-12H2,1-2H3. The van der Waals surface area contributed by atoms with Crippen molar-refractivity contribution >= 4 is 5.69 Å². The zero-order valence-electron chi connectivity index (χ0n) is 12.7. The lowest BCUT2D eigenvalue weighted by Crippen LogP contribution is -2.21. The second-order valence-electron chi connectivity index (χ2n) is 5.93. The minimum atomic E-state index is 0.0192. The summed E-state index contributed by atoms with van der Waals surface area (Å²) in [4.78, 5) is 0. The van der Waals surface area contributed by atoms with Gasteiger partial charge in [0.25, 0.3) is 0 Å². The van der Waals surface area contributed by atoms with E-state index in [0.717, 1.165) is 35.4 Å². The van der Waals surface area contributed by atoms with Crippen LogP contribution in [0.25, 0.3) is 0 Å². The number of rotatable bonds is 6. The van der Waals surface area contributed by atoms with Gasteiger partial charge in [0.2, 0.25) is 0 Å². The summed E-state index contributed by atoms with van der Waals surface area (Å²) in [6, 6.07) is 5.98. The summed E-state index contributed by atoms with van der Waals surface area (Å²) in [5.74, 6) is 2.43. The van der Waals surface area contributed by atoms with E-state index < -0.39 is 0 Å². The fraction of sp³-hybridized carbons (Fsp3) is 0.647. The lowest BCUT2D eigenvalue weighted by atomic mass is 9.82. The molecule has 0 aromatic heterocycles. The Morgan fingerprint density at radius 2 is 2.20 bits per heavy atom. The first-order valence-electron chi connectivity index (χ1n) is 7.83. The first kappa shape index (κ1) is 15.2. The highest BCUT2D eigenvalue weighted by atomic mass is 16.5. The van der Waals surface area contributed by atoms with Crippen molar-refractivity contribution < 1.29 is 9.84 Å². The Balaban J connectivity index is 1.92. The Labute approximate surface area is 122 Å². The van der Waals surface area contributed by atoms with Gasteiger partial charge in [-0.05, 0) is 49.8 Å². The van der Waals surface area contributed by atoms with Crippen LogP contribution in [0.15, 0.2) is 18.2 Å². The number of benzene rings is 1. The molecule has 1 aliphatic rings. The van der Waals surface area contributed by atoms with Crippen molar-refractivity contribution in [2.45, 2.75) is 46.1 Å². The zero-order valence-corrected chi connectivity index (χ0v) is 12.7. The van der Waals surface area contributed by atoms with Crippen molar-refractivity contribution in [3.05, 3.63) is 23.8 Å². The Morgan fingerprint density at radius 3 is 2.90 bits per heavy atom. The van der Waals surface area contributed by atoms with Crippen LogP contribution in [0.5, 0.6) is 5.75 Å². The summed E-state index contributed by atoms with van der Waals surface area (Å²) < 4.78 is 5.50. The molecule has 0 bridgehead atoms. The third-order valence-electron chi connectivity index (χ3n) is 4.17. The van der Waals surface area contributed by atoms with E-state index in [1.165, 1.54) is 25.7 Å². The van der Waals surface area contributed by atoms with E-state index in [4.69, 9.17) is 4.74 Å². The average Bonchev–Trinajstić information content (AvgIpc) is 2.46. The molecule has 1 aromatic carbocycles. The summed E-state index contributed by atoms with van der Waals surface area (Å²) in [7, 11) is 0. The number of anilines is 1. The number of hydrogen-bond acceptors (Lipinski definition) is 3. The van der Waals surface area contributed by atoms with Crippen LogP contribution in [0.4, 0.5) is 5.69 Å². The SMILES string of the molecule is CCOc1ccc(NCC2CCCC(C)C2)cc1CO. The van der Waals surface area contributed by atoms with E-state index in [1.807, 2.05) is 25.1 Å². The molecule has 0 amide bonds. The molecule has 1 aromatic rings. The van der Waals surface area contributed by atoms with Crippen LogP contribution in [0.1, 0.15) is 45.1 Å². The highest BCUT2D eigenvalue weighted by molar-refractivity contribution is 5.51. The minimum absolute atomic E-state index is 0.0192. The maximum Gasteiger partial charge on any atom is 0.124 e. The maximum atomic E-state index is 9.41. The predicted octanol–water partition coefficient (Wildman–Crippen LogP) is 3.82. The van der Waals surface area contributed by atoms with Crippen LogP contribution in [0.2, 0.25) is 0 Å². The number of hydrogen-bond donors (Lipinski definition) is 2. The topological polar surface area (TPSA) is 41.5 Å².